The van der Waals surface area contributed by atoms with Gasteiger partial charge in [-0.2, -0.15) is 5.10 Å². The Morgan fingerprint density at radius 3 is 2.38 bits per heavy atom. The Morgan fingerprint density at radius 2 is 1.80 bits per heavy atom. The maximum absolute atomic E-state index is 13.9. The van der Waals surface area contributed by atoms with E-state index in [0.717, 1.165) is 0 Å². The number of carboxylic acid groups (broad SMARTS) is 1. The molecule has 2 atom stereocenters. The summed E-state index contributed by atoms with van der Waals surface area (Å²) in [4.78, 5) is 26.4. The first-order chi connectivity index (χ1) is 18.5. The molecule has 0 saturated heterocycles. The third-order valence-corrected chi connectivity index (χ3v) is 6.47. The van der Waals surface area contributed by atoms with Crippen molar-refractivity contribution in [1.29, 1.82) is 0 Å². The molecule has 0 aliphatic heterocycles. The predicted octanol–water partition coefficient (Wildman–Crippen LogP) is 1.45. The Hall–Kier alpha value is -2.76. The van der Waals surface area contributed by atoms with Crippen LogP contribution in [0, 0.1) is 5.82 Å². The van der Waals surface area contributed by atoms with Crippen LogP contribution in [0.5, 0.6) is 5.75 Å². The molecule has 0 radical (unpaired) electrons. The van der Waals surface area contributed by atoms with E-state index in [1.54, 1.807) is 47.0 Å². The fraction of sp³-hybridized carbons (Fsp3) is 0.414. The number of ether oxygens (including phenoxy) is 1. The van der Waals surface area contributed by atoms with Gasteiger partial charge in [0.05, 0.1) is 31.4 Å². The van der Waals surface area contributed by atoms with Crippen molar-refractivity contribution in [3.05, 3.63) is 71.3 Å². The van der Waals surface area contributed by atoms with E-state index in [9.17, 15) is 24.2 Å². The van der Waals surface area contributed by atoms with Gasteiger partial charge in [0.25, 0.3) is 5.91 Å². The maximum atomic E-state index is 13.9. The largest absolute Gasteiger partial charge is 1.00 e. The molecule has 1 amide bonds. The molecule has 11 heteroatoms. The number of aromatic nitrogens is 2. The number of amides is 1. The molecule has 1 heterocycles. The zero-order valence-electron chi connectivity index (χ0n) is 24.7. The van der Waals surface area contributed by atoms with Gasteiger partial charge in [0.1, 0.15) is 11.6 Å². The Morgan fingerprint density at radius 1 is 1.12 bits per heavy atom. The zero-order valence-corrected chi connectivity index (χ0v) is 25.7. The number of hydrogen-bond acceptors (Lipinski definition) is 6. The van der Waals surface area contributed by atoms with Crippen molar-refractivity contribution in [1.82, 2.24) is 9.78 Å². The standard InChI is InChI=1S/C29H36FN3O6.Na.H/c1-5-32(21-7-6-8-24(15-21)39-4)29(38)28-27(18(2)3)25(14-13-22(34)16-23(35)17-26(36)37)33(31-28)20-11-9-19(30)10-12-20;;/h6-12,15,18,22-23,34-35H,5,13-14,16-17H2,1-4H3,(H,36,37);;/q;+1;-1/t22-,23-;;/m1../s1. The van der Waals surface area contributed by atoms with Crippen molar-refractivity contribution in [2.75, 3.05) is 18.6 Å². The van der Waals surface area contributed by atoms with Gasteiger partial charge >= 0.3 is 35.5 Å². The second-order valence-electron chi connectivity index (χ2n) is 9.68. The third kappa shape index (κ3) is 8.37. The monoisotopic (exact) mass is 565 g/mol. The van der Waals surface area contributed by atoms with E-state index in [1.807, 2.05) is 26.8 Å². The number of benzene rings is 2. The molecule has 2 aromatic carbocycles. The Balaban J connectivity index is 0.00000420. The SMILES string of the molecule is CCN(C(=O)c1nn(-c2ccc(F)cc2)c(CC[C@@H](O)C[C@@H](O)CC(=O)O)c1C(C)C)c1cccc(OC)c1.[H-].[Na+]. The van der Waals surface area contributed by atoms with Gasteiger partial charge in [0.2, 0.25) is 0 Å². The van der Waals surface area contributed by atoms with Gasteiger partial charge in [-0.05, 0) is 68.5 Å². The number of carbonyl (C=O) groups is 2. The molecule has 3 aromatic rings. The first-order valence-electron chi connectivity index (χ1n) is 13.0. The summed E-state index contributed by atoms with van der Waals surface area (Å²) in [5.74, 6) is -1.38. The Labute approximate surface area is 257 Å². The number of nitrogens with zero attached hydrogens (tertiary/aromatic N) is 3. The summed E-state index contributed by atoms with van der Waals surface area (Å²) in [6.45, 7) is 6.13. The number of hydrogen-bond donors (Lipinski definition) is 3. The van der Waals surface area contributed by atoms with Crippen LogP contribution in [-0.4, -0.2) is 62.8 Å². The summed E-state index contributed by atoms with van der Waals surface area (Å²) < 4.78 is 20.6. The Kier molecular flexibility index (Phi) is 12.8. The molecule has 9 nitrogen and oxygen atoms in total. The van der Waals surface area contributed by atoms with E-state index in [2.05, 4.69) is 0 Å². The van der Waals surface area contributed by atoms with E-state index >= 15 is 0 Å². The van der Waals surface area contributed by atoms with Gasteiger partial charge in [0.15, 0.2) is 5.69 Å². The predicted molar refractivity (Wildman–Crippen MR) is 146 cm³/mol. The van der Waals surface area contributed by atoms with Crippen LogP contribution in [0.1, 0.15) is 69.1 Å². The van der Waals surface area contributed by atoms with E-state index in [-0.39, 0.29) is 67.8 Å². The van der Waals surface area contributed by atoms with Crippen LogP contribution in [0.2, 0.25) is 0 Å². The van der Waals surface area contributed by atoms with Crippen molar-refractivity contribution in [2.45, 2.75) is 64.6 Å². The summed E-state index contributed by atoms with van der Waals surface area (Å²) in [7, 11) is 1.56. The molecule has 3 N–H and O–H groups in total. The van der Waals surface area contributed by atoms with Crippen molar-refractivity contribution >= 4 is 17.6 Å². The first-order valence-corrected chi connectivity index (χ1v) is 13.0. The van der Waals surface area contributed by atoms with E-state index in [4.69, 9.17) is 14.9 Å². The fourth-order valence-corrected chi connectivity index (χ4v) is 4.64. The van der Waals surface area contributed by atoms with Crippen LogP contribution < -0.4 is 39.2 Å². The number of rotatable bonds is 13. The molecule has 1 aromatic heterocycles. The summed E-state index contributed by atoms with van der Waals surface area (Å²) >= 11 is 0. The minimum Gasteiger partial charge on any atom is -1.00 e. The quantitative estimate of drug-likeness (QED) is 0.268. The summed E-state index contributed by atoms with van der Waals surface area (Å²) in [5, 5.41) is 34.1. The van der Waals surface area contributed by atoms with Crippen LogP contribution in [0.25, 0.3) is 5.69 Å². The summed E-state index contributed by atoms with van der Waals surface area (Å²) in [6.07, 6.45) is -2.22. The van der Waals surface area contributed by atoms with E-state index in [1.165, 1.54) is 12.1 Å². The smallest absolute Gasteiger partial charge is 1.00 e. The summed E-state index contributed by atoms with van der Waals surface area (Å²) in [5.41, 5.74) is 2.82. The molecule has 0 fully saturated rings. The number of methoxy groups -OCH3 is 1. The average molecular weight is 566 g/mol. The molecule has 3 rings (SSSR count). The van der Waals surface area contributed by atoms with Crippen LogP contribution in [0.4, 0.5) is 10.1 Å². The van der Waals surface area contributed by atoms with Gasteiger partial charge in [-0.1, -0.05) is 19.9 Å². The molecule has 40 heavy (non-hydrogen) atoms. The van der Waals surface area contributed by atoms with E-state index < -0.39 is 30.4 Å². The molecular formula is C29H37FN3NaO6. The maximum Gasteiger partial charge on any atom is 1.00 e. The molecule has 0 spiro atoms. The first kappa shape index (κ1) is 33.4. The van der Waals surface area contributed by atoms with Crippen molar-refractivity contribution < 1.29 is 65.0 Å². The number of aliphatic hydroxyl groups is 2. The topological polar surface area (TPSA) is 125 Å². The number of anilines is 1. The molecule has 0 aliphatic carbocycles. The molecule has 0 saturated carbocycles. The minimum atomic E-state index is -1.18. The third-order valence-electron chi connectivity index (χ3n) is 6.47. The van der Waals surface area contributed by atoms with Crippen molar-refractivity contribution in [3.8, 4) is 11.4 Å². The minimum absolute atomic E-state index is 0. The van der Waals surface area contributed by atoms with Crippen LogP contribution in [0.3, 0.4) is 0 Å². The summed E-state index contributed by atoms with van der Waals surface area (Å²) in [6, 6.07) is 12.9. The van der Waals surface area contributed by atoms with Crippen LogP contribution in [-0.2, 0) is 11.2 Å². The number of carbonyl (C=O) groups excluding carboxylic acids is 1. The van der Waals surface area contributed by atoms with Gasteiger partial charge < -0.3 is 26.4 Å². The molecule has 0 aliphatic rings. The average Bonchev–Trinajstić information content (AvgIpc) is 3.27. The molecule has 212 valence electrons. The normalized spacial score (nSPS) is 12.5. The molecular weight excluding hydrogens is 528 g/mol. The van der Waals surface area contributed by atoms with Gasteiger partial charge in [-0.25, -0.2) is 9.07 Å². The number of carboxylic acids is 1. The van der Waals surface area contributed by atoms with E-state index in [0.29, 0.717) is 34.9 Å². The molecule has 0 bridgehead atoms. The fourth-order valence-electron chi connectivity index (χ4n) is 4.64. The van der Waals surface area contributed by atoms with Crippen LogP contribution >= 0.6 is 0 Å². The van der Waals surface area contributed by atoms with Crippen molar-refractivity contribution in [3.63, 3.8) is 0 Å². The molecule has 0 unspecified atom stereocenters. The zero-order chi connectivity index (χ0) is 28.7. The van der Waals surface area contributed by atoms with Gasteiger partial charge in [-0.3, -0.25) is 9.59 Å². The number of aliphatic carboxylic acids is 1. The van der Waals surface area contributed by atoms with Gasteiger partial charge in [-0.15, -0.1) is 0 Å². The Bertz CT molecular complexity index is 1290. The second kappa shape index (κ2) is 15.3. The van der Waals surface area contributed by atoms with Crippen LogP contribution in [0.15, 0.2) is 48.5 Å². The van der Waals surface area contributed by atoms with Gasteiger partial charge in [0, 0.05) is 29.6 Å². The second-order valence-corrected chi connectivity index (χ2v) is 9.68. The number of halogens is 1. The number of aliphatic hydroxyl groups excluding tert-OH is 2. The van der Waals surface area contributed by atoms with Crippen molar-refractivity contribution in [2.24, 2.45) is 0 Å².